The molecule has 0 radical (unpaired) electrons. The molecule has 0 saturated heterocycles. The van der Waals surface area contributed by atoms with Crippen LogP contribution in [0.5, 0.6) is 0 Å². The number of halogens is 1. The van der Waals surface area contributed by atoms with Crippen molar-refractivity contribution in [3.8, 4) is 0 Å². The summed E-state index contributed by atoms with van der Waals surface area (Å²) in [4.78, 5) is 0. The molecule has 2 aromatic rings. The van der Waals surface area contributed by atoms with E-state index in [-0.39, 0.29) is 5.82 Å². The number of rotatable bonds is 2. The maximum atomic E-state index is 12.8. The van der Waals surface area contributed by atoms with Gasteiger partial charge in [-0.15, -0.1) is 0 Å². The molecule has 0 bridgehead atoms. The molecule has 0 fully saturated rings. The zero-order valence-electron chi connectivity index (χ0n) is 7.03. The summed E-state index contributed by atoms with van der Waals surface area (Å²) in [6.07, 6.45) is 4.01. The van der Waals surface area contributed by atoms with Crippen LogP contribution in [0, 0.1) is 5.82 Å². The first-order valence-electron chi connectivity index (χ1n) is 4.10. The van der Waals surface area contributed by atoms with E-state index in [2.05, 4.69) is 0 Å². The number of hydrogen-bond donors (Lipinski definition) is 0. The Morgan fingerprint density at radius 2 is 2.08 bits per heavy atom. The van der Waals surface area contributed by atoms with Crippen LogP contribution < -0.4 is 0 Å². The first kappa shape index (κ1) is 8.05. The van der Waals surface area contributed by atoms with Crippen LogP contribution in [0.15, 0.2) is 47.3 Å². The van der Waals surface area contributed by atoms with Crippen LogP contribution >= 0.6 is 0 Å². The van der Waals surface area contributed by atoms with Crippen LogP contribution in [-0.4, -0.2) is 0 Å². The molecule has 2 rings (SSSR count). The van der Waals surface area contributed by atoms with Gasteiger partial charge < -0.3 is 4.42 Å². The van der Waals surface area contributed by atoms with Crippen molar-refractivity contribution in [1.82, 2.24) is 0 Å². The lowest BCUT2D eigenvalue weighted by Crippen LogP contribution is -1.86. The van der Waals surface area contributed by atoms with E-state index in [1.807, 2.05) is 12.1 Å². The molecule has 0 spiro atoms. The first-order valence-corrected chi connectivity index (χ1v) is 4.10. The van der Waals surface area contributed by atoms with Gasteiger partial charge in [-0.05, 0) is 29.3 Å². The third kappa shape index (κ3) is 1.96. The normalized spacial score (nSPS) is 10.2. The van der Waals surface area contributed by atoms with Crippen molar-refractivity contribution in [2.24, 2.45) is 0 Å². The summed E-state index contributed by atoms with van der Waals surface area (Å²) in [6.45, 7) is 0. The van der Waals surface area contributed by atoms with Crippen molar-refractivity contribution in [2.45, 2.75) is 6.42 Å². The van der Waals surface area contributed by atoms with E-state index in [1.54, 1.807) is 18.6 Å². The van der Waals surface area contributed by atoms with Crippen molar-refractivity contribution >= 4 is 0 Å². The molecule has 0 unspecified atom stereocenters. The second-order valence-electron chi connectivity index (χ2n) is 2.94. The standard InChI is InChI=1S/C11H9FO/c12-11-3-1-2-9(7-11)6-10-4-5-13-8-10/h1-5,7-8H,6H2. The highest BCUT2D eigenvalue weighted by Crippen LogP contribution is 2.10. The predicted molar refractivity (Wildman–Crippen MR) is 47.9 cm³/mol. The molecular weight excluding hydrogens is 167 g/mol. The van der Waals surface area contributed by atoms with E-state index in [9.17, 15) is 4.39 Å². The molecular formula is C11H9FO. The van der Waals surface area contributed by atoms with Crippen molar-refractivity contribution < 1.29 is 8.81 Å². The molecule has 1 nitrogen and oxygen atoms in total. The lowest BCUT2D eigenvalue weighted by molar-refractivity contribution is 0.564. The van der Waals surface area contributed by atoms with Gasteiger partial charge in [-0.25, -0.2) is 4.39 Å². The monoisotopic (exact) mass is 176 g/mol. The largest absolute Gasteiger partial charge is 0.472 e. The van der Waals surface area contributed by atoms with Crippen molar-refractivity contribution in [1.29, 1.82) is 0 Å². The molecule has 1 heterocycles. The second kappa shape index (κ2) is 3.44. The van der Waals surface area contributed by atoms with Gasteiger partial charge in [0.15, 0.2) is 0 Å². The summed E-state index contributed by atoms with van der Waals surface area (Å²) in [5.41, 5.74) is 2.02. The third-order valence-electron chi connectivity index (χ3n) is 1.88. The molecule has 0 amide bonds. The van der Waals surface area contributed by atoms with Gasteiger partial charge in [0.05, 0.1) is 12.5 Å². The van der Waals surface area contributed by atoms with Gasteiger partial charge in [0.25, 0.3) is 0 Å². The Balaban J connectivity index is 2.19. The van der Waals surface area contributed by atoms with Crippen molar-refractivity contribution in [3.05, 3.63) is 59.8 Å². The highest BCUT2D eigenvalue weighted by Gasteiger charge is 1.98. The molecule has 0 aliphatic heterocycles. The highest BCUT2D eigenvalue weighted by molar-refractivity contribution is 5.23. The number of furan rings is 1. The topological polar surface area (TPSA) is 13.1 Å². The smallest absolute Gasteiger partial charge is 0.123 e. The van der Waals surface area contributed by atoms with Crippen LogP contribution in [0.2, 0.25) is 0 Å². The summed E-state index contributed by atoms with van der Waals surface area (Å²) in [7, 11) is 0. The van der Waals surface area contributed by atoms with Gasteiger partial charge in [-0.2, -0.15) is 0 Å². The Morgan fingerprint density at radius 1 is 1.15 bits per heavy atom. The van der Waals surface area contributed by atoms with E-state index < -0.39 is 0 Å². The molecule has 0 aliphatic carbocycles. The van der Waals surface area contributed by atoms with Crippen LogP contribution in [0.1, 0.15) is 11.1 Å². The Hall–Kier alpha value is -1.57. The molecule has 0 N–H and O–H groups in total. The van der Waals surface area contributed by atoms with Crippen LogP contribution in [0.25, 0.3) is 0 Å². The fraction of sp³-hybridized carbons (Fsp3) is 0.0909. The van der Waals surface area contributed by atoms with Gasteiger partial charge in [0.1, 0.15) is 5.82 Å². The van der Waals surface area contributed by atoms with E-state index in [0.29, 0.717) is 6.42 Å². The first-order chi connectivity index (χ1) is 6.34. The van der Waals surface area contributed by atoms with Crippen molar-refractivity contribution in [2.75, 3.05) is 0 Å². The maximum Gasteiger partial charge on any atom is 0.123 e. The minimum atomic E-state index is -0.194. The molecule has 1 aromatic heterocycles. The summed E-state index contributed by atoms with van der Waals surface area (Å²) in [6, 6.07) is 8.47. The lowest BCUT2D eigenvalue weighted by atomic mass is 10.1. The Morgan fingerprint density at radius 3 is 2.77 bits per heavy atom. The SMILES string of the molecule is Fc1cccc(Cc2ccoc2)c1. The zero-order chi connectivity index (χ0) is 9.10. The second-order valence-corrected chi connectivity index (χ2v) is 2.94. The summed E-state index contributed by atoms with van der Waals surface area (Å²) in [5.74, 6) is -0.194. The minimum absolute atomic E-state index is 0.194. The van der Waals surface area contributed by atoms with Crippen LogP contribution in [-0.2, 0) is 6.42 Å². The predicted octanol–water partition coefficient (Wildman–Crippen LogP) is 3.01. The van der Waals surface area contributed by atoms with E-state index >= 15 is 0 Å². The van der Waals surface area contributed by atoms with Gasteiger partial charge >= 0.3 is 0 Å². The Kier molecular flexibility index (Phi) is 2.13. The lowest BCUT2D eigenvalue weighted by Gasteiger charge is -1.97. The quantitative estimate of drug-likeness (QED) is 0.685. The average molecular weight is 176 g/mol. The average Bonchev–Trinajstić information content (AvgIpc) is 2.57. The van der Waals surface area contributed by atoms with Gasteiger partial charge in [-0.3, -0.25) is 0 Å². The Labute approximate surface area is 75.8 Å². The van der Waals surface area contributed by atoms with E-state index in [0.717, 1.165) is 11.1 Å². The van der Waals surface area contributed by atoms with E-state index in [1.165, 1.54) is 12.1 Å². The number of hydrogen-bond acceptors (Lipinski definition) is 1. The van der Waals surface area contributed by atoms with E-state index in [4.69, 9.17) is 4.42 Å². The summed E-state index contributed by atoms with van der Waals surface area (Å²) >= 11 is 0. The van der Waals surface area contributed by atoms with Gasteiger partial charge in [0.2, 0.25) is 0 Å². The molecule has 0 atom stereocenters. The fourth-order valence-corrected chi connectivity index (χ4v) is 1.28. The zero-order valence-corrected chi connectivity index (χ0v) is 7.03. The minimum Gasteiger partial charge on any atom is -0.472 e. The summed E-state index contributed by atoms with van der Waals surface area (Å²) < 4.78 is 17.7. The van der Waals surface area contributed by atoms with Crippen LogP contribution in [0.3, 0.4) is 0 Å². The molecule has 1 aromatic carbocycles. The van der Waals surface area contributed by atoms with Crippen molar-refractivity contribution in [3.63, 3.8) is 0 Å². The molecule has 66 valence electrons. The molecule has 2 heteroatoms. The number of benzene rings is 1. The van der Waals surface area contributed by atoms with Gasteiger partial charge in [0, 0.05) is 6.42 Å². The third-order valence-corrected chi connectivity index (χ3v) is 1.88. The Bertz CT molecular complexity index is 379. The molecule has 0 aliphatic rings. The van der Waals surface area contributed by atoms with Gasteiger partial charge in [-0.1, -0.05) is 12.1 Å². The fourth-order valence-electron chi connectivity index (χ4n) is 1.28. The highest BCUT2D eigenvalue weighted by atomic mass is 19.1. The molecule has 13 heavy (non-hydrogen) atoms. The maximum absolute atomic E-state index is 12.8. The summed E-state index contributed by atoms with van der Waals surface area (Å²) in [5, 5.41) is 0. The molecule has 0 saturated carbocycles. The van der Waals surface area contributed by atoms with Crippen LogP contribution in [0.4, 0.5) is 4.39 Å².